The fourth-order valence-corrected chi connectivity index (χ4v) is 4.14. The van der Waals surface area contributed by atoms with E-state index in [0.717, 1.165) is 19.3 Å². The minimum absolute atomic E-state index is 0.0586. The molecule has 10 nitrogen and oxygen atoms in total. The van der Waals surface area contributed by atoms with Crippen molar-refractivity contribution in [2.75, 3.05) is 14.2 Å². The van der Waals surface area contributed by atoms with Crippen molar-refractivity contribution < 1.29 is 22.7 Å². The first kappa shape index (κ1) is 24.2. The summed E-state index contributed by atoms with van der Waals surface area (Å²) >= 11 is 0. The summed E-state index contributed by atoms with van der Waals surface area (Å²) in [5.41, 5.74) is 1.82. The number of nitrogens with one attached hydrogen (secondary N) is 2. The molecule has 0 unspecified atom stereocenters. The van der Waals surface area contributed by atoms with Gasteiger partial charge in [0.15, 0.2) is 17.2 Å². The molecule has 0 fully saturated rings. The van der Waals surface area contributed by atoms with Crippen LogP contribution in [0.25, 0.3) is 10.8 Å². The second-order valence-corrected chi connectivity index (χ2v) is 8.89. The number of aromatic nitrogens is 2. The van der Waals surface area contributed by atoms with Crippen LogP contribution in [0, 0.1) is 0 Å². The number of benzene rings is 2. The van der Waals surface area contributed by atoms with Crippen LogP contribution < -0.4 is 25.3 Å². The molecule has 0 atom stereocenters. The van der Waals surface area contributed by atoms with Crippen molar-refractivity contribution in [1.82, 2.24) is 20.0 Å². The van der Waals surface area contributed by atoms with Crippen LogP contribution in [0.3, 0.4) is 0 Å². The second-order valence-electron chi connectivity index (χ2n) is 7.21. The van der Waals surface area contributed by atoms with Crippen LogP contribution >= 0.6 is 0 Å². The number of ether oxygens (including phenoxy) is 2. The van der Waals surface area contributed by atoms with E-state index in [-0.39, 0.29) is 21.9 Å². The molecule has 33 heavy (non-hydrogen) atoms. The van der Waals surface area contributed by atoms with Gasteiger partial charge in [-0.3, -0.25) is 15.0 Å². The Morgan fingerprint density at radius 3 is 2.39 bits per heavy atom. The molecule has 2 N–H and O–H groups in total. The summed E-state index contributed by atoms with van der Waals surface area (Å²) in [4.78, 5) is 27.6. The number of aryl methyl sites for hydroxylation is 1. The van der Waals surface area contributed by atoms with Gasteiger partial charge in [-0.1, -0.05) is 38.0 Å². The summed E-state index contributed by atoms with van der Waals surface area (Å²) < 4.78 is 36.9. The molecule has 2 aromatic carbocycles. The van der Waals surface area contributed by atoms with Crippen molar-refractivity contribution in [1.29, 1.82) is 0 Å². The lowest BCUT2D eigenvalue weighted by Crippen LogP contribution is -2.42. The van der Waals surface area contributed by atoms with E-state index in [1.807, 2.05) is 6.92 Å². The fourth-order valence-electron chi connectivity index (χ4n) is 3.28. The number of carbonyl (C=O) groups is 1. The molecule has 1 heterocycles. The number of methoxy groups -OCH3 is 2. The number of carbonyl (C=O) groups excluding carboxylic acids is 1. The van der Waals surface area contributed by atoms with E-state index in [2.05, 4.69) is 15.4 Å². The highest BCUT2D eigenvalue weighted by Crippen LogP contribution is 2.29. The number of hydrogen-bond acceptors (Lipinski definition) is 7. The van der Waals surface area contributed by atoms with Crippen LogP contribution in [0.1, 0.15) is 36.7 Å². The van der Waals surface area contributed by atoms with E-state index in [0.29, 0.717) is 23.1 Å². The highest BCUT2D eigenvalue weighted by atomic mass is 32.2. The third-order valence-corrected chi connectivity index (χ3v) is 6.27. The average Bonchev–Trinajstić information content (AvgIpc) is 2.83. The van der Waals surface area contributed by atoms with Crippen LogP contribution in [-0.4, -0.2) is 38.3 Å². The lowest BCUT2D eigenvalue weighted by Gasteiger charge is -2.13. The van der Waals surface area contributed by atoms with E-state index in [9.17, 15) is 18.0 Å². The van der Waals surface area contributed by atoms with E-state index in [1.165, 1.54) is 37.1 Å². The van der Waals surface area contributed by atoms with Gasteiger partial charge in [0.05, 0.1) is 24.5 Å². The molecule has 1 aromatic heterocycles. The van der Waals surface area contributed by atoms with E-state index >= 15 is 0 Å². The average molecular weight is 475 g/mol. The van der Waals surface area contributed by atoms with Gasteiger partial charge in [-0.05, 0) is 24.6 Å². The predicted octanol–water partition coefficient (Wildman–Crippen LogP) is 2.23. The minimum Gasteiger partial charge on any atom is -0.493 e. The number of sulfonamides is 1. The molecule has 0 saturated carbocycles. The van der Waals surface area contributed by atoms with Gasteiger partial charge in [0, 0.05) is 18.0 Å². The molecule has 3 aromatic rings. The Morgan fingerprint density at radius 1 is 1.03 bits per heavy atom. The summed E-state index contributed by atoms with van der Waals surface area (Å²) in [6, 6.07) is 10.6. The van der Waals surface area contributed by atoms with Gasteiger partial charge in [0.1, 0.15) is 0 Å². The standard InChI is InChI=1S/C22H26N4O6S/c1-4-5-8-13-26-22(28)17-10-7-6-9-16(17)20(24-26)21(27)23-25-33(29,30)15-11-12-18(31-2)19(14-15)32-3/h6-7,9-12,14,25H,4-5,8,13H2,1-3H3,(H,23,27). The normalized spacial score (nSPS) is 11.4. The molecule has 0 bridgehead atoms. The zero-order chi connectivity index (χ0) is 24.0. The maximum atomic E-state index is 12.9. The molecule has 1 amide bonds. The van der Waals surface area contributed by atoms with Gasteiger partial charge < -0.3 is 9.47 Å². The first-order valence-corrected chi connectivity index (χ1v) is 11.8. The zero-order valence-corrected chi connectivity index (χ0v) is 19.4. The van der Waals surface area contributed by atoms with Crippen molar-refractivity contribution in [3.63, 3.8) is 0 Å². The quantitative estimate of drug-likeness (QED) is 0.341. The Hall–Kier alpha value is -3.44. The molecule has 0 aliphatic carbocycles. The van der Waals surface area contributed by atoms with Gasteiger partial charge in [0.25, 0.3) is 21.5 Å². The number of hydrogen-bond donors (Lipinski definition) is 2. The molecular weight excluding hydrogens is 448 g/mol. The molecule has 11 heteroatoms. The van der Waals surface area contributed by atoms with E-state index < -0.39 is 15.9 Å². The van der Waals surface area contributed by atoms with Crippen molar-refractivity contribution in [2.24, 2.45) is 0 Å². The van der Waals surface area contributed by atoms with E-state index in [4.69, 9.17) is 9.47 Å². The molecular formula is C22H26N4O6S. The third kappa shape index (κ3) is 5.32. The van der Waals surface area contributed by atoms with Crippen molar-refractivity contribution in [3.05, 3.63) is 58.5 Å². The van der Waals surface area contributed by atoms with Gasteiger partial charge in [-0.2, -0.15) is 5.10 Å². The molecule has 0 spiro atoms. The highest BCUT2D eigenvalue weighted by Gasteiger charge is 2.21. The van der Waals surface area contributed by atoms with Gasteiger partial charge >= 0.3 is 0 Å². The Balaban J connectivity index is 1.89. The summed E-state index contributed by atoms with van der Waals surface area (Å²) in [6.07, 6.45) is 2.61. The summed E-state index contributed by atoms with van der Waals surface area (Å²) in [5.74, 6) is -0.209. The van der Waals surface area contributed by atoms with Gasteiger partial charge in [0.2, 0.25) is 0 Å². The number of amides is 1. The zero-order valence-electron chi connectivity index (χ0n) is 18.6. The lowest BCUT2D eigenvalue weighted by molar-refractivity contribution is 0.0939. The highest BCUT2D eigenvalue weighted by molar-refractivity contribution is 7.89. The van der Waals surface area contributed by atoms with Crippen LogP contribution in [0.4, 0.5) is 0 Å². The Morgan fingerprint density at radius 2 is 1.73 bits per heavy atom. The van der Waals surface area contributed by atoms with Crippen LogP contribution in [0.2, 0.25) is 0 Å². The number of fused-ring (bicyclic) bond motifs is 1. The van der Waals surface area contributed by atoms with Gasteiger partial charge in [-0.15, -0.1) is 4.83 Å². The first-order chi connectivity index (χ1) is 15.8. The van der Waals surface area contributed by atoms with Crippen molar-refractivity contribution in [2.45, 2.75) is 37.6 Å². The summed E-state index contributed by atoms with van der Waals surface area (Å²) in [6.45, 7) is 2.40. The minimum atomic E-state index is -4.12. The van der Waals surface area contributed by atoms with Crippen LogP contribution in [0.5, 0.6) is 11.5 Å². The first-order valence-electron chi connectivity index (χ1n) is 10.4. The number of hydrazine groups is 1. The lowest BCUT2D eigenvalue weighted by atomic mass is 10.1. The Labute approximate surface area is 191 Å². The third-order valence-electron chi connectivity index (χ3n) is 5.02. The van der Waals surface area contributed by atoms with Gasteiger partial charge in [-0.25, -0.2) is 13.1 Å². The second kappa shape index (κ2) is 10.5. The Bertz CT molecular complexity index is 1320. The maximum Gasteiger partial charge on any atom is 0.287 e. The molecule has 0 radical (unpaired) electrons. The SMILES string of the molecule is CCCCCn1nc(C(=O)NNS(=O)(=O)c2ccc(OC)c(OC)c2)c2ccccc2c1=O. The number of unbranched alkanes of at least 4 members (excludes halogenated alkanes) is 2. The van der Waals surface area contributed by atoms with Crippen LogP contribution in [-0.2, 0) is 16.6 Å². The number of nitrogens with zero attached hydrogens (tertiary/aromatic N) is 2. The Kier molecular flexibility index (Phi) is 7.67. The molecule has 3 rings (SSSR count). The molecule has 0 saturated heterocycles. The fraction of sp³-hybridized carbons (Fsp3) is 0.318. The smallest absolute Gasteiger partial charge is 0.287 e. The van der Waals surface area contributed by atoms with Crippen LogP contribution in [0.15, 0.2) is 52.2 Å². The predicted molar refractivity (Wildman–Crippen MR) is 123 cm³/mol. The van der Waals surface area contributed by atoms with Crippen molar-refractivity contribution in [3.8, 4) is 11.5 Å². The van der Waals surface area contributed by atoms with Crippen molar-refractivity contribution >= 4 is 26.7 Å². The summed E-state index contributed by atoms with van der Waals surface area (Å²) in [7, 11) is -1.31. The molecule has 0 aliphatic rings. The van der Waals surface area contributed by atoms with E-state index in [1.54, 1.807) is 24.3 Å². The molecule has 0 aliphatic heterocycles. The molecule has 176 valence electrons. The summed E-state index contributed by atoms with van der Waals surface area (Å²) in [5, 5.41) is 4.88. The maximum absolute atomic E-state index is 12.9. The topological polar surface area (TPSA) is 129 Å². The monoisotopic (exact) mass is 474 g/mol. The number of rotatable bonds is 10. The largest absolute Gasteiger partial charge is 0.493 e.